The second kappa shape index (κ2) is 6.57. The molecule has 0 saturated carbocycles. The average Bonchev–Trinajstić information content (AvgIpc) is 3.35. The van der Waals surface area contributed by atoms with Crippen molar-refractivity contribution in [3.05, 3.63) is 23.6 Å². The van der Waals surface area contributed by atoms with Crippen molar-refractivity contribution < 1.29 is 23.4 Å². The van der Waals surface area contributed by atoms with Crippen molar-refractivity contribution in [3.8, 4) is 28.7 Å². The van der Waals surface area contributed by atoms with Crippen LogP contribution in [0.1, 0.15) is 17.9 Å². The van der Waals surface area contributed by atoms with Crippen molar-refractivity contribution in [2.45, 2.75) is 25.9 Å². The maximum Gasteiger partial charge on any atom is 0.231 e. The Balaban J connectivity index is 1.59. The zero-order valence-electron chi connectivity index (χ0n) is 14.7. The number of hydrogen-bond acceptors (Lipinski definition) is 7. The number of benzene rings is 1. The lowest BCUT2D eigenvalue weighted by Crippen LogP contribution is -2.31. The van der Waals surface area contributed by atoms with Gasteiger partial charge in [0.05, 0.1) is 19.4 Å². The molecule has 0 N–H and O–H groups in total. The van der Waals surface area contributed by atoms with E-state index in [-0.39, 0.29) is 6.79 Å². The number of hydrogen-bond donors (Lipinski definition) is 0. The smallest absolute Gasteiger partial charge is 0.231 e. The highest BCUT2D eigenvalue weighted by atomic mass is 16.7. The van der Waals surface area contributed by atoms with E-state index in [0.717, 1.165) is 43.2 Å². The van der Waals surface area contributed by atoms with Crippen LogP contribution in [0, 0.1) is 6.92 Å². The quantitative estimate of drug-likeness (QED) is 0.824. The lowest BCUT2D eigenvalue weighted by molar-refractivity contribution is 0.155. The Hall–Kier alpha value is -2.25. The number of fused-ring (bicyclic) bond motifs is 1. The van der Waals surface area contributed by atoms with E-state index in [1.54, 1.807) is 7.11 Å². The Bertz CT molecular complexity index is 767. The van der Waals surface area contributed by atoms with E-state index in [0.29, 0.717) is 29.2 Å². The van der Waals surface area contributed by atoms with Crippen LogP contribution in [-0.4, -0.2) is 50.1 Å². The van der Waals surface area contributed by atoms with E-state index in [2.05, 4.69) is 11.9 Å². The number of ether oxygens (including phenoxy) is 4. The van der Waals surface area contributed by atoms with Gasteiger partial charge in [-0.05, 0) is 32.5 Å². The van der Waals surface area contributed by atoms with Crippen LogP contribution in [0.5, 0.6) is 17.2 Å². The summed E-state index contributed by atoms with van der Waals surface area (Å²) in [6, 6.07) is 4.16. The maximum absolute atomic E-state index is 5.90. The number of oxazole rings is 1. The molecule has 1 atom stereocenters. The third-order valence-corrected chi connectivity index (χ3v) is 4.73. The van der Waals surface area contributed by atoms with Crippen LogP contribution >= 0.6 is 0 Å². The minimum atomic E-state index is 0.194. The van der Waals surface area contributed by atoms with Crippen molar-refractivity contribution in [1.82, 2.24) is 9.88 Å². The van der Waals surface area contributed by atoms with Gasteiger partial charge in [0.1, 0.15) is 5.76 Å². The van der Waals surface area contributed by atoms with Crippen LogP contribution < -0.4 is 14.2 Å². The summed E-state index contributed by atoms with van der Waals surface area (Å²) in [4.78, 5) is 6.96. The van der Waals surface area contributed by atoms with Crippen LogP contribution in [0.2, 0.25) is 0 Å². The maximum atomic E-state index is 5.90. The molecule has 7 heteroatoms. The number of aryl methyl sites for hydroxylation is 1. The van der Waals surface area contributed by atoms with Gasteiger partial charge in [-0.25, -0.2) is 4.98 Å². The first-order chi connectivity index (χ1) is 12.2. The van der Waals surface area contributed by atoms with Gasteiger partial charge in [0.15, 0.2) is 11.5 Å². The van der Waals surface area contributed by atoms with Gasteiger partial charge in [0, 0.05) is 24.8 Å². The first-order valence-corrected chi connectivity index (χ1v) is 8.38. The largest absolute Gasteiger partial charge is 0.493 e. The number of likely N-dealkylation sites (N-methyl/N-ethyl adjacent to an activating group) is 1. The van der Waals surface area contributed by atoms with Crippen molar-refractivity contribution >= 4 is 0 Å². The third-order valence-electron chi connectivity index (χ3n) is 4.73. The van der Waals surface area contributed by atoms with Gasteiger partial charge in [-0.2, -0.15) is 0 Å². The lowest BCUT2D eigenvalue weighted by Gasteiger charge is -2.21. The van der Waals surface area contributed by atoms with Crippen molar-refractivity contribution in [3.63, 3.8) is 0 Å². The van der Waals surface area contributed by atoms with E-state index < -0.39 is 0 Å². The summed E-state index contributed by atoms with van der Waals surface area (Å²) in [5, 5.41) is 0. The second-order valence-electron chi connectivity index (χ2n) is 6.37. The molecule has 0 unspecified atom stereocenters. The van der Waals surface area contributed by atoms with Gasteiger partial charge in [-0.15, -0.1) is 0 Å². The van der Waals surface area contributed by atoms with Crippen LogP contribution in [0.4, 0.5) is 0 Å². The monoisotopic (exact) mass is 346 g/mol. The summed E-state index contributed by atoms with van der Waals surface area (Å²) >= 11 is 0. The van der Waals surface area contributed by atoms with Crippen molar-refractivity contribution in [2.24, 2.45) is 0 Å². The van der Waals surface area contributed by atoms with Gasteiger partial charge in [0.25, 0.3) is 0 Å². The molecule has 1 fully saturated rings. The molecule has 0 amide bonds. The number of nitrogens with zero attached hydrogens (tertiary/aromatic N) is 2. The predicted octanol–water partition coefficient (Wildman–Crippen LogP) is 2.61. The lowest BCUT2D eigenvalue weighted by atomic mass is 10.2. The highest BCUT2D eigenvalue weighted by molar-refractivity contribution is 5.66. The number of aromatic nitrogens is 1. The van der Waals surface area contributed by atoms with Crippen LogP contribution in [0.25, 0.3) is 11.5 Å². The molecular weight excluding hydrogens is 324 g/mol. The van der Waals surface area contributed by atoms with Crippen LogP contribution in [0.15, 0.2) is 16.5 Å². The average molecular weight is 346 g/mol. The normalized spacial score (nSPS) is 19.0. The zero-order valence-corrected chi connectivity index (χ0v) is 14.7. The molecule has 0 aliphatic carbocycles. The fourth-order valence-corrected chi connectivity index (χ4v) is 3.19. The molecule has 7 nitrogen and oxygen atoms in total. The zero-order chi connectivity index (χ0) is 17.4. The molecule has 1 aromatic heterocycles. The fraction of sp³-hybridized carbons (Fsp3) is 0.500. The minimum absolute atomic E-state index is 0.194. The van der Waals surface area contributed by atoms with Gasteiger partial charge < -0.3 is 23.4 Å². The molecule has 0 spiro atoms. The topological polar surface area (TPSA) is 66.2 Å². The molecule has 1 saturated heterocycles. The van der Waals surface area contributed by atoms with E-state index in [4.69, 9.17) is 28.3 Å². The molecular formula is C18H22N2O5. The predicted molar refractivity (Wildman–Crippen MR) is 90.0 cm³/mol. The van der Waals surface area contributed by atoms with E-state index >= 15 is 0 Å². The molecule has 2 aliphatic rings. The van der Waals surface area contributed by atoms with Crippen molar-refractivity contribution in [2.75, 3.05) is 34.2 Å². The molecule has 2 aliphatic heterocycles. The van der Waals surface area contributed by atoms with Gasteiger partial charge >= 0.3 is 0 Å². The summed E-state index contributed by atoms with van der Waals surface area (Å²) < 4.78 is 27.7. The summed E-state index contributed by atoms with van der Waals surface area (Å²) in [6.45, 7) is 4.47. The Morgan fingerprint density at radius 1 is 1.32 bits per heavy atom. The molecule has 25 heavy (non-hydrogen) atoms. The summed E-state index contributed by atoms with van der Waals surface area (Å²) in [5.74, 6) is 3.25. The van der Waals surface area contributed by atoms with E-state index in [9.17, 15) is 0 Å². The molecule has 134 valence electrons. The summed E-state index contributed by atoms with van der Waals surface area (Å²) in [6.07, 6.45) is 1.06. The highest BCUT2D eigenvalue weighted by Crippen LogP contribution is 2.44. The number of rotatable bonds is 5. The molecule has 3 heterocycles. The highest BCUT2D eigenvalue weighted by Gasteiger charge is 2.25. The Labute approximate surface area is 146 Å². The first kappa shape index (κ1) is 16.2. The third kappa shape index (κ3) is 3.05. The summed E-state index contributed by atoms with van der Waals surface area (Å²) in [5.41, 5.74) is 1.74. The van der Waals surface area contributed by atoms with Crippen LogP contribution in [-0.2, 0) is 11.3 Å². The molecule has 0 bridgehead atoms. The second-order valence-corrected chi connectivity index (χ2v) is 6.37. The van der Waals surface area contributed by atoms with E-state index in [1.165, 1.54) is 0 Å². The minimum Gasteiger partial charge on any atom is -0.493 e. The Morgan fingerprint density at radius 3 is 2.96 bits per heavy atom. The van der Waals surface area contributed by atoms with Gasteiger partial charge in [-0.3, -0.25) is 4.90 Å². The number of methoxy groups -OCH3 is 1. The molecule has 2 aromatic rings. The van der Waals surface area contributed by atoms with E-state index in [1.807, 2.05) is 19.1 Å². The SMILES string of the molecule is COc1cc(-c2nc(CN(C)[C@H]3CCOC3)c(C)o2)cc2c1OCO2. The van der Waals surface area contributed by atoms with Crippen molar-refractivity contribution in [1.29, 1.82) is 0 Å². The Kier molecular flexibility index (Phi) is 4.27. The standard InChI is InChI=1S/C18H22N2O5/c1-11-14(8-20(2)13-4-5-22-9-13)19-18(25-11)12-6-15(21-3)17-16(7-12)23-10-24-17/h6-7,13H,4-5,8-10H2,1-3H3/t13-/m0/s1. The Morgan fingerprint density at radius 2 is 2.20 bits per heavy atom. The summed E-state index contributed by atoms with van der Waals surface area (Å²) in [7, 11) is 3.70. The van der Waals surface area contributed by atoms with Crippen LogP contribution in [0.3, 0.4) is 0 Å². The molecule has 1 aromatic carbocycles. The van der Waals surface area contributed by atoms with Gasteiger partial charge in [0.2, 0.25) is 18.4 Å². The first-order valence-electron chi connectivity index (χ1n) is 8.38. The molecule has 0 radical (unpaired) electrons. The molecule has 4 rings (SSSR count). The van der Waals surface area contributed by atoms with Gasteiger partial charge in [-0.1, -0.05) is 0 Å². The fourth-order valence-electron chi connectivity index (χ4n) is 3.19.